The molecule has 0 aromatic carbocycles. The first kappa shape index (κ1) is 22.2. The number of aryl methyl sites for hydroxylation is 1. The lowest BCUT2D eigenvalue weighted by molar-refractivity contribution is 0.0948. The van der Waals surface area contributed by atoms with Crippen LogP contribution >= 0.6 is 0 Å². The Labute approximate surface area is 188 Å². The van der Waals surface area contributed by atoms with Gasteiger partial charge < -0.3 is 15.2 Å². The zero-order valence-corrected chi connectivity index (χ0v) is 18.5. The van der Waals surface area contributed by atoms with E-state index in [2.05, 4.69) is 15.6 Å². The van der Waals surface area contributed by atoms with Gasteiger partial charge in [-0.25, -0.2) is 0 Å². The van der Waals surface area contributed by atoms with Gasteiger partial charge >= 0.3 is 0 Å². The Morgan fingerprint density at radius 2 is 1.66 bits per heavy atom. The van der Waals surface area contributed by atoms with E-state index in [1.807, 2.05) is 16.7 Å². The Hall–Kier alpha value is -2.96. The average molecular weight is 437 g/mol. The predicted molar refractivity (Wildman–Crippen MR) is 123 cm³/mol. The van der Waals surface area contributed by atoms with Crippen molar-refractivity contribution in [3.8, 4) is 0 Å². The molecule has 0 atom stereocenters. The smallest absolute Gasteiger partial charge is 0.256 e. The van der Waals surface area contributed by atoms with Crippen LogP contribution in [0.15, 0.2) is 41.7 Å². The van der Waals surface area contributed by atoms with Gasteiger partial charge in [-0.2, -0.15) is 0 Å². The highest BCUT2D eigenvalue weighted by Gasteiger charge is 2.27. The molecule has 0 unspecified atom stereocenters. The first-order valence-corrected chi connectivity index (χ1v) is 11.8. The second kappa shape index (κ2) is 10.6. The van der Waals surface area contributed by atoms with E-state index in [0.29, 0.717) is 12.5 Å². The van der Waals surface area contributed by atoms with E-state index >= 15 is 0 Å². The number of amides is 2. The quantitative estimate of drug-likeness (QED) is 0.591. The van der Waals surface area contributed by atoms with Crippen molar-refractivity contribution < 1.29 is 9.59 Å². The molecule has 170 valence electrons. The summed E-state index contributed by atoms with van der Waals surface area (Å²) < 4.78 is 1.88. The summed E-state index contributed by atoms with van der Waals surface area (Å²) in [7, 11) is 0. The molecule has 32 heavy (non-hydrogen) atoms. The molecule has 0 saturated heterocycles. The van der Waals surface area contributed by atoms with Crippen molar-refractivity contribution in [1.82, 2.24) is 20.2 Å². The molecule has 2 saturated carbocycles. The number of pyridine rings is 2. The molecular formula is C25H32N4O3. The second-order valence-electron chi connectivity index (χ2n) is 9.08. The third kappa shape index (κ3) is 6.05. The molecule has 2 amide bonds. The highest BCUT2D eigenvalue weighted by molar-refractivity contribution is 5.99. The van der Waals surface area contributed by atoms with Crippen LogP contribution in [0.25, 0.3) is 0 Å². The maximum absolute atomic E-state index is 13.0. The molecule has 2 aromatic heterocycles. The average Bonchev–Trinajstić information content (AvgIpc) is 3.63. The number of nitrogens with one attached hydrogen (secondary N) is 2. The monoisotopic (exact) mass is 436 g/mol. The fourth-order valence-electron chi connectivity index (χ4n) is 4.36. The van der Waals surface area contributed by atoms with Crippen LogP contribution < -0.4 is 16.1 Å². The lowest BCUT2D eigenvalue weighted by Gasteiger charge is -2.23. The van der Waals surface area contributed by atoms with Gasteiger partial charge in [0.05, 0.1) is 0 Å². The minimum atomic E-state index is -0.491. The Kier molecular flexibility index (Phi) is 7.35. The zero-order chi connectivity index (χ0) is 22.3. The lowest BCUT2D eigenvalue weighted by Crippen LogP contribution is -2.36. The minimum Gasteiger partial charge on any atom is -0.352 e. The van der Waals surface area contributed by atoms with E-state index in [4.69, 9.17) is 0 Å². The second-order valence-corrected chi connectivity index (χ2v) is 9.08. The SMILES string of the molecule is O=C(NCCCc1ccncc1)c1cn(CC2CCCCC2)cc(C(=O)NC2CC2)c1=O. The molecule has 2 aliphatic rings. The number of hydrogen-bond acceptors (Lipinski definition) is 4. The van der Waals surface area contributed by atoms with Gasteiger partial charge in [-0.1, -0.05) is 19.3 Å². The van der Waals surface area contributed by atoms with Gasteiger partial charge in [0.1, 0.15) is 11.1 Å². The molecule has 0 radical (unpaired) electrons. The van der Waals surface area contributed by atoms with Gasteiger partial charge in [-0.15, -0.1) is 0 Å². The molecular weight excluding hydrogens is 404 g/mol. The molecule has 0 bridgehead atoms. The van der Waals surface area contributed by atoms with Gasteiger partial charge in [-0.05, 0) is 62.1 Å². The van der Waals surface area contributed by atoms with E-state index < -0.39 is 11.3 Å². The summed E-state index contributed by atoms with van der Waals surface area (Å²) in [6.45, 7) is 1.19. The van der Waals surface area contributed by atoms with E-state index in [1.54, 1.807) is 24.8 Å². The van der Waals surface area contributed by atoms with Crippen LogP contribution in [0.3, 0.4) is 0 Å². The van der Waals surface area contributed by atoms with Gasteiger partial charge in [0.2, 0.25) is 5.43 Å². The summed E-state index contributed by atoms with van der Waals surface area (Å²) in [4.78, 5) is 42.6. The molecule has 4 rings (SSSR count). The third-order valence-electron chi connectivity index (χ3n) is 6.35. The summed E-state index contributed by atoms with van der Waals surface area (Å²) in [5.74, 6) is -0.271. The number of aromatic nitrogens is 2. The van der Waals surface area contributed by atoms with Crippen molar-refractivity contribution >= 4 is 11.8 Å². The van der Waals surface area contributed by atoms with Crippen LogP contribution in [-0.4, -0.2) is 34.0 Å². The van der Waals surface area contributed by atoms with E-state index in [1.165, 1.54) is 19.3 Å². The minimum absolute atomic E-state index is 0.0492. The van der Waals surface area contributed by atoms with Gasteiger partial charge in [0.15, 0.2) is 0 Å². The maximum Gasteiger partial charge on any atom is 0.256 e. The Balaban J connectivity index is 1.46. The normalized spacial score (nSPS) is 16.5. The van der Waals surface area contributed by atoms with Crippen molar-refractivity contribution in [1.29, 1.82) is 0 Å². The maximum atomic E-state index is 13.0. The summed E-state index contributed by atoms with van der Waals surface area (Å²) in [5.41, 5.74) is 0.780. The van der Waals surface area contributed by atoms with Crippen molar-refractivity contribution in [2.24, 2.45) is 5.92 Å². The van der Waals surface area contributed by atoms with Gasteiger partial charge in [0.25, 0.3) is 11.8 Å². The van der Waals surface area contributed by atoms with E-state index in [0.717, 1.165) is 50.6 Å². The number of nitrogens with zero attached hydrogens (tertiary/aromatic N) is 2. The standard InChI is InChI=1S/C25H32N4O3/c30-23-21(24(31)27-12-4-7-18-10-13-26-14-11-18)16-29(15-19-5-2-1-3-6-19)17-22(23)25(32)28-20-8-9-20/h10-11,13-14,16-17,19-20H,1-9,12,15H2,(H,27,31)(H,28,32). The first-order valence-electron chi connectivity index (χ1n) is 11.8. The molecule has 0 aliphatic heterocycles. The number of hydrogen-bond donors (Lipinski definition) is 2. The summed E-state index contributed by atoms with van der Waals surface area (Å²) in [5, 5.41) is 5.75. The van der Waals surface area contributed by atoms with Gasteiger partial charge in [0, 0.05) is 43.9 Å². The van der Waals surface area contributed by atoms with Crippen LogP contribution in [0, 0.1) is 5.92 Å². The van der Waals surface area contributed by atoms with Crippen LogP contribution in [0.2, 0.25) is 0 Å². The number of carbonyl (C=O) groups excluding carboxylic acids is 2. The Morgan fingerprint density at radius 3 is 2.34 bits per heavy atom. The molecule has 0 spiro atoms. The molecule has 2 fully saturated rings. The van der Waals surface area contributed by atoms with Crippen LogP contribution in [-0.2, 0) is 13.0 Å². The first-order chi connectivity index (χ1) is 15.6. The van der Waals surface area contributed by atoms with Crippen molar-refractivity contribution in [2.45, 2.75) is 70.4 Å². The highest BCUT2D eigenvalue weighted by atomic mass is 16.2. The Morgan fingerprint density at radius 1 is 0.969 bits per heavy atom. The molecule has 2 aliphatic carbocycles. The number of carbonyl (C=O) groups is 2. The topological polar surface area (TPSA) is 93.1 Å². The molecule has 7 nitrogen and oxygen atoms in total. The van der Waals surface area contributed by atoms with Crippen molar-refractivity contribution in [3.63, 3.8) is 0 Å². The van der Waals surface area contributed by atoms with Crippen LogP contribution in [0.4, 0.5) is 0 Å². The fraction of sp³-hybridized carbons (Fsp3) is 0.520. The molecule has 2 N–H and O–H groups in total. The highest BCUT2D eigenvalue weighted by Crippen LogP contribution is 2.25. The predicted octanol–water partition coefficient (Wildman–Crippen LogP) is 3.08. The Bertz CT molecular complexity index is 992. The summed E-state index contributed by atoms with van der Waals surface area (Å²) >= 11 is 0. The van der Waals surface area contributed by atoms with Crippen LogP contribution in [0.1, 0.15) is 77.6 Å². The van der Waals surface area contributed by atoms with Gasteiger partial charge in [-0.3, -0.25) is 19.4 Å². The summed E-state index contributed by atoms with van der Waals surface area (Å²) in [6, 6.07) is 4.06. The summed E-state index contributed by atoms with van der Waals surface area (Å²) in [6.07, 6.45) is 16.2. The third-order valence-corrected chi connectivity index (χ3v) is 6.35. The largest absolute Gasteiger partial charge is 0.352 e. The fourth-order valence-corrected chi connectivity index (χ4v) is 4.36. The van der Waals surface area contributed by atoms with E-state index in [9.17, 15) is 14.4 Å². The van der Waals surface area contributed by atoms with Crippen LogP contribution in [0.5, 0.6) is 0 Å². The molecule has 2 aromatic rings. The van der Waals surface area contributed by atoms with E-state index in [-0.39, 0.29) is 23.1 Å². The van der Waals surface area contributed by atoms with Crippen molar-refractivity contribution in [2.75, 3.05) is 6.54 Å². The van der Waals surface area contributed by atoms with Crippen molar-refractivity contribution in [3.05, 3.63) is 63.8 Å². The number of rotatable bonds is 9. The zero-order valence-electron chi connectivity index (χ0n) is 18.5. The molecule has 7 heteroatoms. The molecule has 2 heterocycles. The lowest BCUT2D eigenvalue weighted by atomic mass is 9.89.